The molecule has 2 N–H and O–H groups in total. The minimum absolute atomic E-state index is 0.595. The summed E-state index contributed by atoms with van der Waals surface area (Å²) >= 11 is 3.47. The van der Waals surface area contributed by atoms with E-state index >= 15 is 0 Å². The van der Waals surface area contributed by atoms with Gasteiger partial charge in [-0.1, -0.05) is 41.9 Å². The Kier molecular flexibility index (Phi) is 9.10. The third-order valence-electron chi connectivity index (χ3n) is 2.78. The first-order valence-corrected chi connectivity index (χ1v) is 8.18. The fourth-order valence-corrected chi connectivity index (χ4v) is 2.20. The molecule has 0 amide bonds. The number of rotatable bonds is 8. The van der Waals surface area contributed by atoms with E-state index in [9.17, 15) is 0 Å². The van der Waals surface area contributed by atoms with E-state index in [1.54, 1.807) is 7.05 Å². The molecule has 4 nitrogen and oxygen atoms in total. The smallest absolute Gasteiger partial charge is 0.191 e. The van der Waals surface area contributed by atoms with E-state index in [0.29, 0.717) is 5.92 Å². The molecule has 21 heavy (non-hydrogen) atoms. The van der Waals surface area contributed by atoms with Crippen LogP contribution in [0.1, 0.15) is 25.8 Å². The predicted molar refractivity (Wildman–Crippen MR) is 92.6 cm³/mol. The summed E-state index contributed by atoms with van der Waals surface area (Å²) in [5, 5.41) is 6.59. The maximum atomic E-state index is 5.55. The highest BCUT2D eigenvalue weighted by Crippen LogP contribution is 2.11. The van der Waals surface area contributed by atoms with Crippen molar-refractivity contribution in [2.45, 2.75) is 26.8 Å². The van der Waals surface area contributed by atoms with Crippen molar-refractivity contribution in [1.82, 2.24) is 10.6 Å². The molecule has 1 rings (SSSR count). The summed E-state index contributed by atoms with van der Waals surface area (Å²) in [7, 11) is 1.78. The minimum atomic E-state index is 0.595. The van der Waals surface area contributed by atoms with E-state index in [1.165, 1.54) is 5.56 Å². The first-order chi connectivity index (χ1) is 10.1. The lowest BCUT2D eigenvalue weighted by molar-refractivity contribution is 0.108. The van der Waals surface area contributed by atoms with E-state index < -0.39 is 0 Å². The Morgan fingerprint density at radius 1 is 1.33 bits per heavy atom. The van der Waals surface area contributed by atoms with E-state index in [0.717, 1.165) is 43.2 Å². The van der Waals surface area contributed by atoms with Gasteiger partial charge < -0.3 is 15.4 Å². The topological polar surface area (TPSA) is 45.7 Å². The molecular formula is C16H26BrN3O. The van der Waals surface area contributed by atoms with Crippen LogP contribution in [-0.4, -0.2) is 32.8 Å². The van der Waals surface area contributed by atoms with Gasteiger partial charge in [0.05, 0.1) is 0 Å². The van der Waals surface area contributed by atoms with Gasteiger partial charge in [0.1, 0.15) is 0 Å². The van der Waals surface area contributed by atoms with Gasteiger partial charge in [0.2, 0.25) is 0 Å². The second kappa shape index (κ2) is 10.6. The Hall–Kier alpha value is -1.07. The van der Waals surface area contributed by atoms with Crippen LogP contribution in [-0.2, 0) is 11.3 Å². The van der Waals surface area contributed by atoms with Gasteiger partial charge in [-0.3, -0.25) is 4.99 Å². The molecular weight excluding hydrogens is 330 g/mol. The lowest BCUT2D eigenvalue weighted by Crippen LogP contribution is -2.37. The molecule has 0 unspecified atom stereocenters. The van der Waals surface area contributed by atoms with Crippen molar-refractivity contribution in [2.75, 3.05) is 26.8 Å². The number of hydrogen-bond acceptors (Lipinski definition) is 2. The summed E-state index contributed by atoms with van der Waals surface area (Å²) in [4.78, 5) is 4.21. The number of aliphatic imine (C=N–C) groups is 1. The molecule has 0 aliphatic carbocycles. The zero-order chi connectivity index (χ0) is 15.5. The zero-order valence-electron chi connectivity index (χ0n) is 13.2. The van der Waals surface area contributed by atoms with Crippen molar-refractivity contribution in [3.8, 4) is 0 Å². The molecule has 1 aromatic rings. The Labute approximate surface area is 136 Å². The summed E-state index contributed by atoms with van der Waals surface area (Å²) < 4.78 is 6.64. The van der Waals surface area contributed by atoms with E-state index in [4.69, 9.17) is 4.74 Å². The lowest BCUT2D eigenvalue weighted by Gasteiger charge is -2.12. The van der Waals surface area contributed by atoms with Crippen LogP contribution >= 0.6 is 15.9 Å². The molecule has 0 bridgehead atoms. The van der Waals surface area contributed by atoms with E-state index in [2.05, 4.69) is 57.5 Å². The molecule has 118 valence electrons. The van der Waals surface area contributed by atoms with E-state index in [1.807, 2.05) is 12.1 Å². The second-order valence-electron chi connectivity index (χ2n) is 5.30. The van der Waals surface area contributed by atoms with Crippen molar-refractivity contribution >= 4 is 21.9 Å². The Morgan fingerprint density at radius 2 is 2.14 bits per heavy atom. The monoisotopic (exact) mass is 355 g/mol. The van der Waals surface area contributed by atoms with Crippen LogP contribution in [0.25, 0.3) is 0 Å². The SMILES string of the molecule is CN=C(NCCCOCC(C)C)NCc1cccc(Br)c1. The van der Waals surface area contributed by atoms with Gasteiger partial charge in [-0.05, 0) is 30.0 Å². The summed E-state index contributed by atoms with van der Waals surface area (Å²) in [6, 6.07) is 8.24. The van der Waals surface area contributed by atoms with Crippen LogP contribution in [0.2, 0.25) is 0 Å². The average molecular weight is 356 g/mol. The van der Waals surface area contributed by atoms with Crippen molar-refractivity contribution in [3.63, 3.8) is 0 Å². The largest absolute Gasteiger partial charge is 0.381 e. The highest BCUT2D eigenvalue weighted by atomic mass is 79.9. The normalized spacial score (nSPS) is 11.8. The Morgan fingerprint density at radius 3 is 2.81 bits per heavy atom. The standard InChI is InChI=1S/C16H26BrN3O/c1-13(2)12-21-9-5-8-19-16(18-3)20-11-14-6-4-7-15(17)10-14/h4,6-7,10,13H,5,8-9,11-12H2,1-3H3,(H2,18,19,20). The molecule has 0 atom stereocenters. The lowest BCUT2D eigenvalue weighted by atomic mass is 10.2. The fraction of sp³-hybridized carbons (Fsp3) is 0.562. The van der Waals surface area contributed by atoms with Gasteiger partial charge >= 0.3 is 0 Å². The molecule has 0 heterocycles. The van der Waals surface area contributed by atoms with Crippen LogP contribution in [0, 0.1) is 5.92 Å². The molecule has 0 aliphatic heterocycles. The maximum Gasteiger partial charge on any atom is 0.191 e. The van der Waals surface area contributed by atoms with Gasteiger partial charge in [-0.15, -0.1) is 0 Å². The summed E-state index contributed by atoms with van der Waals surface area (Å²) in [6.45, 7) is 7.54. The molecule has 1 aromatic carbocycles. The Bertz CT molecular complexity index is 435. The number of benzene rings is 1. The Balaban J connectivity index is 2.18. The molecule has 0 saturated carbocycles. The van der Waals surface area contributed by atoms with Gasteiger partial charge in [0.15, 0.2) is 5.96 Å². The molecule has 0 saturated heterocycles. The zero-order valence-corrected chi connectivity index (χ0v) is 14.7. The van der Waals surface area contributed by atoms with E-state index in [-0.39, 0.29) is 0 Å². The van der Waals surface area contributed by atoms with Gasteiger partial charge in [0, 0.05) is 37.8 Å². The summed E-state index contributed by atoms with van der Waals surface area (Å²) in [5.74, 6) is 1.41. The molecule has 0 aromatic heterocycles. The molecule has 0 fully saturated rings. The number of halogens is 1. The minimum Gasteiger partial charge on any atom is -0.381 e. The average Bonchev–Trinajstić information content (AvgIpc) is 2.45. The van der Waals surface area contributed by atoms with Crippen LogP contribution in [0.4, 0.5) is 0 Å². The number of ether oxygens (including phenoxy) is 1. The van der Waals surface area contributed by atoms with Crippen LogP contribution in [0.15, 0.2) is 33.7 Å². The first kappa shape index (κ1) is 18.0. The number of nitrogens with one attached hydrogen (secondary N) is 2. The molecule has 0 radical (unpaired) electrons. The third-order valence-corrected chi connectivity index (χ3v) is 3.27. The second-order valence-corrected chi connectivity index (χ2v) is 6.22. The maximum absolute atomic E-state index is 5.55. The highest BCUT2D eigenvalue weighted by molar-refractivity contribution is 9.10. The van der Waals surface area contributed by atoms with Crippen molar-refractivity contribution in [2.24, 2.45) is 10.9 Å². The van der Waals surface area contributed by atoms with Crippen LogP contribution < -0.4 is 10.6 Å². The quantitative estimate of drug-likeness (QED) is 0.427. The van der Waals surface area contributed by atoms with Crippen molar-refractivity contribution < 1.29 is 4.74 Å². The van der Waals surface area contributed by atoms with Crippen LogP contribution in [0.3, 0.4) is 0 Å². The fourth-order valence-electron chi connectivity index (χ4n) is 1.75. The number of nitrogens with zero attached hydrogens (tertiary/aromatic N) is 1. The van der Waals surface area contributed by atoms with Crippen molar-refractivity contribution in [1.29, 1.82) is 0 Å². The van der Waals surface area contributed by atoms with Crippen LogP contribution in [0.5, 0.6) is 0 Å². The molecule has 0 aliphatic rings. The first-order valence-electron chi connectivity index (χ1n) is 7.38. The van der Waals surface area contributed by atoms with Crippen molar-refractivity contribution in [3.05, 3.63) is 34.3 Å². The third kappa shape index (κ3) is 8.73. The van der Waals surface area contributed by atoms with Gasteiger partial charge in [0.25, 0.3) is 0 Å². The molecule has 5 heteroatoms. The predicted octanol–water partition coefficient (Wildman–Crippen LogP) is 3.18. The van der Waals surface area contributed by atoms with Gasteiger partial charge in [-0.2, -0.15) is 0 Å². The summed E-state index contributed by atoms with van der Waals surface area (Å²) in [6.07, 6.45) is 0.976. The molecule has 0 spiro atoms. The highest BCUT2D eigenvalue weighted by Gasteiger charge is 1.99. The number of guanidine groups is 1. The summed E-state index contributed by atoms with van der Waals surface area (Å²) in [5.41, 5.74) is 1.22. The number of hydrogen-bond donors (Lipinski definition) is 2. The van der Waals surface area contributed by atoms with Gasteiger partial charge in [-0.25, -0.2) is 0 Å².